The molecule has 6 heteroatoms. The number of ether oxygens (including phenoxy) is 1. The van der Waals surface area contributed by atoms with Crippen molar-refractivity contribution in [3.63, 3.8) is 0 Å². The van der Waals surface area contributed by atoms with Crippen LogP contribution in [0.1, 0.15) is 19.8 Å². The molecule has 6 nitrogen and oxygen atoms in total. The van der Waals surface area contributed by atoms with Crippen molar-refractivity contribution in [1.29, 1.82) is 0 Å². The summed E-state index contributed by atoms with van der Waals surface area (Å²) < 4.78 is 5.34. The largest absolute Gasteiger partial charge is 0.480 e. The Balaban J connectivity index is 2.54. The van der Waals surface area contributed by atoms with Crippen LogP contribution in [-0.4, -0.2) is 47.4 Å². The van der Waals surface area contributed by atoms with Gasteiger partial charge in [0.25, 0.3) is 0 Å². The van der Waals surface area contributed by atoms with E-state index in [2.05, 4.69) is 5.32 Å². The number of nitrogens with one attached hydrogen (secondary N) is 1. The van der Waals surface area contributed by atoms with Crippen LogP contribution in [0.25, 0.3) is 0 Å². The highest BCUT2D eigenvalue weighted by atomic mass is 16.5. The molecule has 1 aliphatic rings. The van der Waals surface area contributed by atoms with Crippen LogP contribution < -0.4 is 5.32 Å². The Labute approximate surface area is 93.6 Å². The van der Waals surface area contributed by atoms with E-state index in [4.69, 9.17) is 14.9 Å². The lowest BCUT2D eigenvalue weighted by molar-refractivity contribution is -0.144. The van der Waals surface area contributed by atoms with Crippen LogP contribution in [0.3, 0.4) is 0 Å². The first-order valence-corrected chi connectivity index (χ1v) is 5.35. The Morgan fingerprint density at radius 2 is 2.25 bits per heavy atom. The van der Waals surface area contributed by atoms with Gasteiger partial charge in [0.05, 0.1) is 18.6 Å². The number of aliphatic carboxylic acids is 1. The van der Waals surface area contributed by atoms with Gasteiger partial charge in [0.2, 0.25) is 5.91 Å². The van der Waals surface area contributed by atoms with Crippen LogP contribution in [0.4, 0.5) is 0 Å². The second-order valence-electron chi connectivity index (χ2n) is 3.79. The minimum atomic E-state index is -1.23. The Kier molecular flexibility index (Phi) is 4.70. The van der Waals surface area contributed by atoms with Gasteiger partial charge < -0.3 is 20.3 Å². The van der Waals surface area contributed by atoms with Crippen molar-refractivity contribution in [1.82, 2.24) is 5.32 Å². The predicted molar refractivity (Wildman–Crippen MR) is 54.8 cm³/mol. The molecular formula is C10H17NO5. The summed E-state index contributed by atoms with van der Waals surface area (Å²) in [7, 11) is 0. The summed E-state index contributed by atoms with van der Waals surface area (Å²) in [6.07, 6.45) is 1.17. The molecule has 1 heterocycles. The third-order valence-corrected chi connectivity index (χ3v) is 2.75. The van der Waals surface area contributed by atoms with Crippen LogP contribution in [0.5, 0.6) is 0 Å². The standard InChI is InChI=1S/C10H17NO5/c1-2-8-6(3-4-16-8)9(13)11-7(5-12)10(14)15/h6-8,12H,2-5H2,1H3,(H,11,13)(H,14,15)/t6?,7-,8?/m1/s1. The number of aliphatic hydroxyl groups excluding tert-OH is 1. The van der Waals surface area contributed by atoms with E-state index in [1.165, 1.54) is 0 Å². The van der Waals surface area contributed by atoms with Crippen molar-refractivity contribution in [3.8, 4) is 0 Å². The van der Waals surface area contributed by atoms with E-state index >= 15 is 0 Å². The summed E-state index contributed by atoms with van der Waals surface area (Å²) in [5, 5.41) is 19.8. The molecule has 1 saturated heterocycles. The molecule has 0 bridgehead atoms. The zero-order chi connectivity index (χ0) is 12.1. The number of carboxylic acids is 1. The van der Waals surface area contributed by atoms with Gasteiger partial charge in [-0.1, -0.05) is 6.92 Å². The first kappa shape index (κ1) is 12.9. The van der Waals surface area contributed by atoms with E-state index in [0.29, 0.717) is 13.0 Å². The van der Waals surface area contributed by atoms with Gasteiger partial charge in [-0.25, -0.2) is 4.79 Å². The molecule has 2 unspecified atom stereocenters. The highest BCUT2D eigenvalue weighted by Crippen LogP contribution is 2.23. The van der Waals surface area contributed by atoms with Crippen LogP contribution >= 0.6 is 0 Å². The molecule has 0 aromatic carbocycles. The maximum atomic E-state index is 11.7. The second-order valence-corrected chi connectivity index (χ2v) is 3.79. The molecule has 0 saturated carbocycles. The highest BCUT2D eigenvalue weighted by Gasteiger charge is 2.34. The summed E-state index contributed by atoms with van der Waals surface area (Å²) >= 11 is 0. The number of carbonyl (C=O) groups is 2. The Morgan fingerprint density at radius 3 is 2.75 bits per heavy atom. The number of hydrogen-bond acceptors (Lipinski definition) is 4. The lowest BCUT2D eigenvalue weighted by Gasteiger charge is -2.18. The molecule has 1 fully saturated rings. The fourth-order valence-corrected chi connectivity index (χ4v) is 1.81. The highest BCUT2D eigenvalue weighted by molar-refractivity contribution is 5.85. The van der Waals surface area contributed by atoms with E-state index in [-0.39, 0.29) is 17.9 Å². The third-order valence-electron chi connectivity index (χ3n) is 2.75. The summed E-state index contributed by atoms with van der Waals surface area (Å²) in [6.45, 7) is 1.83. The molecule has 0 aromatic rings. The van der Waals surface area contributed by atoms with E-state index in [1.807, 2.05) is 6.92 Å². The first-order chi connectivity index (χ1) is 7.60. The zero-order valence-electron chi connectivity index (χ0n) is 9.18. The van der Waals surface area contributed by atoms with Gasteiger partial charge in [0.1, 0.15) is 6.04 Å². The minimum Gasteiger partial charge on any atom is -0.480 e. The Morgan fingerprint density at radius 1 is 1.56 bits per heavy atom. The number of carbonyl (C=O) groups excluding carboxylic acids is 1. The fraction of sp³-hybridized carbons (Fsp3) is 0.800. The molecule has 0 aliphatic carbocycles. The van der Waals surface area contributed by atoms with Crippen molar-refractivity contribution < 1.29 is 24.5 Å². The van der Waals surface area contributed by atoms with Gasteiger partial charge in [0.15, 0.2) is 0 Å². The zero-order valence-corrected chi connectivity index (χ0v) is 9.18. The Bertz CT molecular complexity index is 268. The first-order valence-electron chi connectivity index (χ1n) is 5.35. The van der Waals surface area contributed by atoms with E-state index in [1.54, 1.807) is 0 Å². The number of amides is 1. The van der Waals surface area contributed by atoms with Crippen molar-refractivity contribution in [2.45, 2.75) is 31.9 Å². The number of carboxylic acid groups (broad SMARTS) is 1. The van der Waals surface area contributed by atoms with Gasteiger partial charge in [-0.3, -0.25) is 4.79 Å². The maximum absolute atomic E-state index is 11.7. The quantitative estimate of drug-likeness (QED) is 0.585. The second kappa shape index (κ2) is 5.81. The van der Waals surface area contributed by atoms with Gasteiger partial charge >= 0.3 is 5.97 Å². The number of rotatable bonds is 5. The summed E-state index contributed by atoms with van der Waals surface area (Å²) in [4.78, 5) is 22.3. The van der Waals surface area contributed by atoms with Crippen LogP contribution in [0, 0.1) is 5.92 Å². The van der Waals surface area contributed by atoms with Gasteiger partial charge in [0, 0.05) is 6.61 Å². The fourth-order valence-electron chi connectivity index (χ4n) is 1.81. The Hall–Kier alpha value is -1.14. The van der Waals surface area contributed by atoms with Crippen LogP contribution in [0.15, 0.2) is 0 Å². The topological polar surface area (TPSA) is 95.9 Å². The van der Waals surface area contributed by atoms with Gasteiger partial charge in [-0.05, 0) is 12.8 Å². The lowest BCUT2D eigenvalue weighted by atomic mass is 9.98. The van der Waals surface area contributed by atoms with Crippen molar-refractivity contribution in [3.05, 3.63) is 0 Å². The molecule has 3 N–H and O–H groups in total. The summed E-state index contributed by atoms with van der Waals surface area (Å²) in [5.74, 6) is -1.90. The van der Waals surface area contributed by atoms with Crippen molar-refractivity contribution in [2.75, 3.05) is 13.2 Å². The molecule has 92 valence electrons. The molecule has 0 radical (unpaired) electrons. The van der Waals surface area contributed by atoms with Crippen LogP contribution in [-0.2, 0) is 14.3 Å². The van der Waals surface area contributed by atoms with Crippen molar-refractivity contribution in [2.24, 2.45) is 5.92 Å². The average molecular weight is 231 g/mol. The molecule has 1 rings (SSSR count). The molecule has 1 amide bonds. The molecule has 0 aromatic heterocycles. The molecule has 16 heavy (non-hydrogen) atoms. The minimum absolute atomic E-state index is 0.145. The normalized spacial score (nSPS) is 26.4. The van der Waals surface area contributed by atoms with E-state index in [9.17, 15) is 9.59 Å². The smallest absolute Gasteiger partial charge is 0.328 e. The molecular weight excluding hydrogens is 214 g/mol. The average Bonchev–Trinajstić information content (AvgIpc) is 2.72. The van der Waals surface area contributed by atoms with Crippen LogP contribution in [0.2, 0.25) is 0 Å². The van der Waals surface area contributed by atoms with Crippen molar-refractivity contribution >= 4 is 11.9 Å². The number of hydrogen-bond donors (Lipinski definition) is 3. The molecule has 3 atom stereocenters. The van der Waals surface area contributed by atoms with E-state index < -0.39 is 18.6 Å². The third kappa shape index (κ3) is 2.93. The SMILES string of the molecule is CCC1OCCC1C(=O)N[C@H](CO)C(=O)O. The summed E-state index contributed by atoms with van der Waals surface area (Å²) in [6, 6.07) is -1.23. The maximum Gasteiger partial charge on any atom is 0.328 e. The van der Waals surface area contributed by atoms with Gasteiger partial charge in [-0.15, -0.1) is 0 Å². The number of aliphatic hydroxyl groups is 1. The summed E-state index contributed by atoms with van der Waals surface area (Å²) in [5.41, 5.74) is 0. The molecule has 0 spiro atoms. The van der Waals surface area contributed by atoms with Gasteiger partial charge in [-0.2, -0.15) is 0 Å². The lowest BCUT2D eigenvalue weighted by Crippen LogP contribution is -2.47. The van der Waals surface area contributed by atoms with E-state index in [0.717, 1.165) is 6.42 Å². The molecule has 1 aliphatic heterocycles. The monoisotopic (exact) mass is 231 g/mol. The predicted octanol–water partition coefficient (Wildman–Crippen LogP) is -0.637.